The van der Waals surface area contributed by atoms with Crippen LogP contribution in [0.3, 0.4) is 0 Å². The number of anilines is 6. The van der Waals surface area contributed by atoms with Gasteiger partial charge in [0.1, 0.15) is 35.6 Å². The number of benzene rings is 4. The highest BCUT2D eigenvalue weighted by atomic mass is 35.5. The molecule has 6 aromatic rings. The number of piperidine rings is 2. The molecule has 0 spiro atoms. The van der Waals surface area contributed by atoms with E-state index in [1.807, 2.05) is 36.5 Å². The van der Waals surface area contributed by atoms with Crippen LogP contribution >= 0.6 is 18.7 Å². The summed E-state index contributed by atoms with van der Waals surface area (Å²) in [5, 5.41) is 14.0. The Bertz CT molecular complexity index is 3240. The zero-order chi connectivity index (χ0) is 51.3. The summed E-state index contributed by atoms with van der Waals surface area (Å²) >= 11 is 6.66. The average Bonchev–Trinajstić information content (AvgIpc) is 3.91. The molecular weight excluding hydrogens is 979 g/mol. The summed E-state index contributed by atoms with van der Waals surface area (Å²) in [6.45, 7) is 8.17. The highest BCUT2D eigenvalue weighted by molar-refractivity contribution is 7.70. The maximum atomic E-state index is 15.7. The second-order valence-electron chi connectivity index (χ2n) is 19.2. The van der Waals surface area contributed by atoms with Crippen LogP contribution in [0, 0.1) is 17.6 Å². The third kappa shape index (κ3) is 10.0. The molecule has 1 atom stereocenters. The molecule has 0 bridgehead atoms. The number of imide groups is 2. The van der Waals surface area contributed by atoms with Crippen molar-refractivity contribution in [2.45, 2.75) is 31.7 Å². The van der Waals surface area contributed by atoms with Gasteiger partial charge in [-0.1, -0.05) is 35.9 Å². The SMILES string of the molecule is COc1cc(N2CCC(CN3CCN(c4cc5c(cc4F)C(=O)N(C4CCC(=O)NC4=O)C5=O)CC3)CC2)c(-c2cnn(C)c2)cc1Nc1ncc(Cl)c(Nc2ccc(-c3ccccc3F)cc2P(C)(C)=O)n1. The van der Waals surface area contributed by atoms with E-state index in [0.29, 0.717) is 65.7 Å². The molecule has 378 valence electrons. The molecular formula is C52H53ClF2N11O6P. The molecule has 73 heavy (non-hydrogen) atoms. The van der Waals surface area contributed by atoms with Gasteiger partial charge in [-0.25, -0.2) is 13.8 Å². The molecule has 0 aliphatic carbocycles. The summed E-state index contributed by atoms with van der Waals surface area (Å²) < 4.78 is 51.8. The number of carbonyl (C=O) groups excluding carboxylic acids is 4. The summed E-state index contributed by atoms with van der Waals surface area (Å²) in [5.41, 5.74) is 5.12. The van der Waals surface area contributed by atoms with E-state index in [1.54, 1.807) is 61.5 Å². The number of piperazine rings is 1. The molecule has 4 aliphatic heterocycles. The number of carbonyl (C=O) groups is 4. The molecule has 10 rings (SSSR count). The molecule has 4 aliphatic rings. The monoisotopic (exact) mass is 1030 g/mol. The van der Waals surface area contributed by atoms with Crippen LogP contribution in [-0.2, 0) is 21.2 Å². The second kappa shape index (κ2) is 20.0. The zero-order valence-corrected chi connectivity index (χ0v) is 42.3. The molecule has 4 aromatic carbocycles. The van der Waals surface area contributed by atoms with Gasteiger partial charge < -0.3 is 29.7 Å². The second-order valence-corrected chi connectivity index (χ2v) is 22.8. The number of rotatable bonds is 13. The van der Waals surface area contributed by atoms with Gasteiger partial charge in [-0.15, -0.1) is 0 Å². The fourth-order valence-corrected chi connectivity index (χ4v) is 11.5. The van der Waals surface area contributed by atoms with Crippen molar-refractivity contribution in [2.24, 2.45) is 13.0 Å². The standard InChI is InChI=1S/C52H53ClF2N11O6P/c1-62-29-32(26-57-62)34-23-41(59-52-56-27-37(53)48(61-52)58-40-10-9-31(21-46(40)73(3,4)71)33-7-5-6-8-38(33)54)45(72-2)25-43(34)64-15-13-30(14-16-64)28-63-17-19-65(20-18-63)44-24-36-35(22-39(44)55)50(69)66(51(36)70)42-11-12-47(67)60-49(42)68/h5-10,21-27,29-30,42H,11-20,28H2,1-4H3,(H,60,67,68)(H2,56,58,59,61). The molecule has 3 fully saturated rings. The number of amides is 4. The van der Waals surface area contributed by atoms with Crippen molar-refractivity contribution in [3.05, 3.63) is 113 Å². The van der Waals surface area contributed by atoms with Crippen LogP contribution in [0.2, 0.25) is 5.02 Å². The molecule has 4 amide bonds. The molecule has 17 nitrogen and oxygen atoms in total. The van der Waals surface area contributed by atoms with Crippen LogP contribution in [0.1, 0.15) is 46.4 Å². The Balaban J connectivity index is 0.805. The van der Waals surface area contributed by atoms with Crippen molar-refractivity contribution in [3.8, 4) is 28.0 Å². The van der Waals surface area contributed by atoms with Gasteiger partial charge in [-0.3, -0.25) is 39.0 Å². The maximum absolute atomic E-state index is 15.7. The molecule has 1 unspecified atom stereocenters. The summed E-state index contributed by atoms with van der Waals surface area (Å²) in [7, 11) is 0.579. The minimum absolute atomic E-state index is 0.000267. The van der Waals surface area contributed by atoms with E-state index in [0.717, 1.165) is 60.3 Å². The molecule has 0 saturated carbocycles. The number of nitrogens with zero attached hydrogens (tertiary/aromatic N) is 8. The normalized spacial score (nSPS) is 17.8. The Morgan fingerprint density at radius 2 is 1.51 bits per heavy atom. The van der Waals surface area contributed by atoms with Crippen LogP contribution in [0.4, 0.5) is 43.3 Å². The predicted octanol–water partition coefficient (Wildman–Crippen LogP) is 7.66. The molecule has 3 N–H and O–H groups in total. The van der Waals surface area contributed by atoms with E-state index >= 15 is 4.39 Å². The zero-order valence-electron chi connectivity index (χ0n) is 40.6. The van der Waals surface area contributed by atoms with Gasteiger partial charge in [0, 0.05) is 99.2 Å². The largest absolute Gasteiger partial charge is 0.494 e. The van der Waals surface area contributed by atoms with E-state index in [4.69, 9.17) is 21.3 Å². The van der Waals surface area contributed by atoms with E-state index in [2.05, 4.69) is 35.8 Å². The Hall–Kier alpha value is -7.21. The first-order chi connectivity index (χ1) is 35.0. The Labute approximate surface area is 425 Å². The summed E-state index contributed by atoms with van der Waals surface area (Å²) in [4.78, 5) is 67.7. The number of aromatic nitrogens is 4. The van der Waals surface area contributed by atoms with Crippen LogP contribution < -0.4 is 35.8 Å². The average molecular weight is 1030 g/mol. The highest BCUT2D eigenvalue weighted by Crippen LogP contribution is 2.44. The lowest BCUT2D eigenvalue weighted by molar-refractivity contribution is -0.136. The van der Waals surface area contributed by atoms with E-state index in [1.165, 1.54) is 18.3 Å². The summed E-state index contributed by atoms with van der Waals surface area (Å²) in [6.07, 6.45) is 7.14. The number of hydrogen-bond donors (Lipinski definition) is 3. The number of methoxy groups -OCH3 is 1. The van der Waals surface area contributed by atoms with E-state index < -0.39 is 42.6 Å². The van der Waals surface area contributed by atoms with Crippen LogP contribution in [0.25, 0.3) is 22.3 Å². The fraction of sp³-hybridized carbons (Fsp3) is 0.327. The van der Waals surface area contributed by atoms with Gasteiger partial charge in [-0.05, 0) is 80.5 Å². The minimum Gasteiger partial charge on any atom is -0.494 e. The first kappa shape index (κ1) is 49.4. The Morgan fingerprint density at radius 1 is 0.781 bits per heavy atom. The van der Waals surface area contributed by atoms with Gasteiger partial charge in [0.25, 0.3) is 11.8 Å². The van der Waals surface area contributed by atoms with Crippen molar-refractivity contribution in [2.75, 3.05) is 86.7 Å². The van der Waals surface area contributed by atoms with Crippen LogP contribution in [0.15, 0.2) is 85.3 Å². The number of aryl methyl sites for hydroxylation is 1. The van der Waals surface area contributed by atoms with Crippen LogP contribution in [0.5, 0.6) is 5.75 Å². The van der Waals surface area contributed by atoms with Gasteiger partial charge in [-0.2, -0.15) is 10.1 Å². The molecule has 6 heterocycles. The van der Waals surface area contributed by atoms with Crippen molar-refractivity contribution in [3.63, 3.8) is 0 Å². The van der Waals surface area contributed by atoms with Crippen molar-refractivity contribution < 1.29 is 37.3 Å². The minimum atomic E-state index is -2.89. The first-order valence-electron chi connectivity index (χ1n) is 24.0. The summed E-state index contributed by atoms with van der Waals surface area (Å²) in [6, 6.07) is 17.1. The first-order valence-corrected chi connectivity index (χ1v) is 27.0. The molecule has 2 aromatic heterocycles. The smallest absolute Gasteiger partial charge is 0.262 e. The van der Waals surface area contributed by atoms with E-state index in [-0.39, 0.29) is 52.3 Å². The highest BCUT2D eigenvalue weighted by Gasteiger charge is 2.45. The summed E-state index contributed by atoms with van der Waals surface area (Å²) in [5.74, 6) is -2.11. The van der Waals surface area contributed by atoms with Crippen molar-refractivity contribution in [1.29, 1.82) is 0 Å². The number of fused-ring (bicyclic) bond motifs is 1. The lowest BCUT2D eigenvalue weighted by atomic mass is 9.94. The van der Waals surface area contributed by atoms with Crippen molar-refractivity contribution in [1.82, 2.24) is 34.9 Å². The Morgan fingerprint density at radius 3 is 2.19 bits per heavy atom. The topological polar surface area (TPSA) is 187 Å². The van der Waals surface area contributed by atoms with E-state index in [9.17, 15) is 28.1 Å². The van der Waals surface area contributed by atoms with Crippen LogP contribution in [-0.4, -0.2) is 125 Å². The van der Waals surface area contributed by atoms with Crippen molar-refractivity contribution >= 4 is 82.2 Å². The lowest BCUT2D eigenvalue weighted by Crippen LogP contribution is -2.54. The number of ether oxygens (including phenoxy) is 1. The Kier molecular flexibility index (Phi) is 13.5. The van der Waals surface area contributed by atoms with Gasteiger partial charge in [0.05, 0.1) is 47.7 Å². The number of hydrogen-bond acceptors (Lipinski definition) is 14. The van der Waals surface area contributed by atoms with Gasteiger partial charge >= 0.3 is 0 Å². The lowest BCUT2D eigenvalue weighted by Gasteiger charge is -2.40. The molecule has 3 saturated heterocycles. The fourth-order valence-electron chi connectivity index (χ4n) is 10.2. The number of halogens is 3. The third-order valence-electron chi connectivity index (χ3n) is 14.0. The number of nitrogens with one attached hydrogen (secondary N) is 3. The molecule has 21 heteroatoms. The van der Waals surface area contributed by atoms with Gasteiger partial charge in [0.2, 0.25) is 17.8 Å². The third-order valence-corrected chi connectivity index (χ3v) is 15.8. The maximum Gasteiger partial charge on any atom is 0.262 e. The quantitative estimate of drug-likeness (QED) is 0.0756. The van der Waals surface area contributed by atoms with Gasteiger partial charge in [0.15, 0.2) is 5.82 Å². The molecule has 0 radical (unpaired) electrons. The predicted molar refractivity (Wildman–Crippen MR) is 276 cm³/mol.